The predicted octanol–water partition coefficient (Wildman–Crippen LogP) is 4.07. The molecule has 8 heteroatoms. The fraction of sp³-hybridized carbons (Fsp3) is 0.167. The molecule has 0 fully saturated rings. The average molecular weight is 374 g/mol. The molecule has 2 aromatic carbocycles. The van der Waals surface area contributed by atoms with Crippen molar-refractivity contribution in [1.29, 1.82) is 0 Å². The molecule has 1 amide bonds. The second-order valence-electron chi connectivity index (χ2n) is 6.17. The molecule has 2 heterocycles. The summed E-state index contributed by atoms with van der Waals surface area (Å²) in [6.07, 6.45) is 0.613. The van der Waals surface area contributed by atoms with Crippen LogP contribution in [0.5, 0.6) is 0 Å². The number of fused-ring (bicyclic) bond motifs is 3. The van der Waals surface area contributed by atoms with E-state index in [9.17, 15) is 19.3 Å². The number of carbonyl (C=O) groups is 1. The van der Waals surface area contributed by atoms with Crippen molar-refractivity contribution in [3.63, 3.8) is 0 Å². The molecule has 1 aromatic heterocycles. The Labute approximate surface area is 152 Å². The molecule has 0 unspecified atom stereocenters. The normalized spacial score (nSPS) is 13.7. The van der Waals surface area contributed by atoms with Crippen LogP contribution in [0.4, 0.5) is 10.1 Å². The lowest BCUT2D eigenvalue weighted by Crippen LogP contribution is -2.36. The lowest BCUT2D eigenvalue weighted by molar-refractivity contribution is -0.385. The largest absolute Gasteiger partial charge is 0.358 e. The third kappa shape index (κ3) is 2.70. The van der Waals surface area contributed by atoms with Crippen molar-refractivity contribution in [3.05, 3.63) is 74.2 Å². The number of nitrogens with zero attached hydrogens (tertiary/aromatic N) is 2. The van der Waals surface area contributed by atoms with Gasteiger partial charge in [-0.25, -0.2) is 4.39 Å². The van der Waals surface area contributed by atoms with Crippen LogP contribution in [0.1, 0.15) is 21.6 Å². The molecular weight excluding hydrogens is 361 g/mol. The number of nitro benzene ring substituents is 1. The highest BCUT2D eigenvalue weighted by Gasteiger charge is 2.27. The molecule has 0 saturated heterocycles. The molecule has 132 valence electrons. The third-order valence-corrected chi connectivity index (χ3v) is 4.85. The second-order valence-corrected chi connectivity index (χ2v) is 6.61. The van der Waals surface area contributed by atoms with Crippen molar-refractivity contribution in [2.45, 2.75) is 13.0 Å². The number of nitrogens with one attached hydrogen (secondary N) is 1. The van der Waals surface area contributed by atoms with E-state index in [1.165, 1.54) is 0 Å². The highest BCUT2D eigenvalue weighted by Crippen LogP contribution is 2.30. The minimum absolute atomic E-state index is 0.170. The average Bonchev–Trinajstić information content (AvgIpc) is 2.98. The van der Waals surface area contributed by atoms with Gasteiger partial charge in [-0.3, -0.25) is 14.9 Å². The maximum absolute atomic E-state index is 14.2. The van der Waals surface area contributed by atoms with Crippen molar-refractivity contribution in [2.24, 2.45) is 0 Å². The first kappa shape index (κ1) is 16.5. The van der Waals surface area contributed by atoms with Gasteiger partial charge in [0.1, 0.15) is 5.82 Å². The predicted molar refractivity (Wildman–Crippen MR) is 94.8 cm³/mol. The standard InChI is InChI=1S/C18H13ClFN3O3/c19-10-1-4-16-13(7-10)14-9-22(6-5-17(14)21-16)18(24)12-3-2-11(23(25)26)8-15(12)20/h1-4,7-8,21H,5-6,9H2. The van der Waals surface area contributed by atoms with Crippen LogP contribution in [0, 0.1) is 15.9 Å². The molecule has 1 N–H and O–H groups in total. The number of aromatic nitrogens is 1. The summed E-state index contributed by atoms with van der Waals surface area (Å²) in [6.45, 7) is 0.758. The van der Waals surface area contributed by atoms with Crippen molar-refractivity contribution in [3.8, 4) is 0 Å². The molecule has 0 atom stereocenters. The van der Waals surface area contributed by atoms with Crippen molar-refractivity contribution < 1.29 is 14.1 Å². The van der Waals surface area contributed by atoms with Gasteiger partial charge in [0.25, 0.3) is 11.6 Å². The molecule has 0 radical (unpaired) electrons. The number of amides is 1. The van der Waals surface area contributed by atoms with Crippen LogP contribution >= 0.6 is 11.6 Å². The first-order valence-corrected chi connectivity index (χ1v) is 8.34. The monoisotopic (exact) mass is 373 g/mol. The summed E-state index contributed by atoms with van der Waals surface area (Å²) in [5, 5.41) is 12.3. The number of non-ortho nitro benzene ring substituents is 1. The quantitative estimate of drug-likeness (QED) is 0.543. The van der Waals surface area contributed by atoms with Gasteiger partial charge in [0, 0.05) is 52.8 Å². The van der Waals surface area contributed by atoms with E-state index in [-0.39, 0.29) is 11.3 Å². The summed E-state index contributed by atoms with van der Waals surface area (Å²) in [4.78, 5) is 27.6. The Hall–Kier alpha value is -2.93. The zero-order chi connectivity index (χ0) is 18.4. The van der Waals surface area contributed by atoms with Gasteiger partial charge in [-0.2, -0.15) is 0 Å². The first-order valence-electron chi connectivity index (χ1n) is 7.96. The van der Waals surface area contributed by atoms with Gasteiger partial charge in [0.2, 0.25) is 0 Å². The third-order valence-electron chi connectivity index (χ3n) is 4.62. The fourth-order valence-electron chi connectivity index (χ4n) is 3.32. The molecule has 4 rings (SSSR count). The van der Waals surface area contributed by atoms with Crippen molar-refractivity contribution >= 4 is 34.1 Å². The van der Waals surface area contributed by atoms with Gasteiger partial charge in [-0.05, 0) is 24.3 Å². The molecule has 26 heavy (non-hydrogen) atoms. The molecule has 6 nitrogen and oxygen atoms in total. The summed E-state index contributed by atoms with van der Waals surface area (Å²) in [5.41, 5.74) is 2.39. The second kappa shape index (κ2) is 6.10. The van der Waals surface area contributed by atoms with E-state index in [2.05, 4.69) is 4.98 Å². The lowest BCUT2D eigenvalue weighted by Gasteiger charge is -2.27. The van der Waals surface area contributed by atoms with Crippen molar-refractivity contribution in [1.82, 2.24) is 9.88 Å². The van der Waals surface area contributed by atoms with E-state index < -0.39 is 16.6 Å². The number of hydrogen-bond acceptors (Lipinski definition) is 3. The zero-order valence-electron chi connectivity index (χ0n) is 13.5. The molecule has 0 saturated carbocycles. The Balaban J connectivity index is 1.66. The highest BCUT2D eigenvalue weighted by molar-refractivity contribution is 6.31. The summed E-state index contributed by atoms with van der Waals surface area (Å²) in [6, 6.07) is 8.59. The van der Waals surface area contributed by atoms with Crippen LogP contribution in [-0.2, 0) is 13.0 Å². The Morgan fingerprint density at radius 3 is 2.81 bits per heavy atom. The maximum atomic E-state index is 14.2. The smallest absolute Gasteiger partial charge is 0.272 e. The SMILES string of the molecule is O=C(c1ccc([N+](=O)[O-])cc1F)N1CCc2[nH]c3ccc(Cl)cc3c2C1. The van der Waals surface area contributed by atoms with Crippen molar-refractivity contribution in [2.75, 3.05) is 6.54 Å². The van der Waals surface area contributed by atoms with Gasteiger partial charge in [-0.1, -0.05) is 11.6 Å². The summed E-state index contributed by atoms with van der Waals surface area (Å²) in [7, 11) is 0. The number of rotatable bonds is 2. The number of H-pyrrole nitrogens is 1. The number of benzene rings is 2. The Morgan fingerprint density at radius 2 is 2.08 bits per heavy atom. The van der Waals surface area contributed by atoms with Crippen LogP contribution < -0.4 is 0 Å². The van der Waals surface area contributed by atoms with Crippen LogP contribution in [0.25, 0.3) is 10.9 Å². The van der Waals surface area contributed by atoms with E-state index in [4.69, 9.17) is 11.6 Å². The Morgan fingerprint density at radius 1 is 1.27 bits per heavy atom. The molecule has 1 aliphatic rings. The minimum Gasteiger partial charge on any atom is -0.358 e. The number of halogens is 2. The van der Waals surface area contributed by atoms with E-state index in [1.54, 1.807) is 11.0 Å². The summed E-state index contributed by atoms with van der Waals surface area (Å²) in [5.74, 6) is -1.38. The topological polar surface area (TPSA) is 79.2 Å². The van der Waals surface area contributed by atoms with Crippen LogP contribution in [0.2, 0.25) is 5.02 Å². The molecular formula is C18H13ClFN3O3. The minimum atomic E-state index is -0.892. The number of hydrogen-bond donors (Lipinski definition) is 1. The van der Waals surface area contributed by atoms with Gasteiger partial charge in [-0.15, -0.1) is 0 Å². The highest BCUT2D eigenvalue weighted by atomic mass is 35.5. The van der Waals surface area contributed by atoms with E-state index in [0.717, 1.165) is 40.4 Å². The molecule has 0 aliphatic carbocycles. The van der Waals surface area contributed by atoms with Gasteiger partial charge in [0.15, 0.2) is 0 Å². The van der Waals surface area contributed by atoms with Crippen LogP contribution in [-0.4, -0.2) is 27.3 Å². The number of carbonyl (C=O) groups excluding carboxylic acids is 1. The summed E-state index contributed by atoms with van der Waals surface area (Å²) >= 11 is 6.07. The number of nitro groups is 1. The molecule has 3 aromatic rings. The molecule has 0 spiro atoms. The zero-order valence-corrected chi connectivity index (χ0v) is 14.2. The first-order chi connectivity index (χ1) is 12.4. The van der Waals surface area contributed by atoms with E-state index >= 15 is 0 Å². The van der Waals surface area contributed by atoms with Gasteiger partial charge >= 0.3 is 0 Å². The number of aromatic amines is 1. The molecule has 0 bridgehead atoms. The maximum Gasteiger partial charge on any atom is 0.272 e. The fourth-order valence-corrected chi connectivity index (χ4v) is 3.49. The lowest BCUT2D eigenvalue weighted by atomic mass is 10.0. The molecule has 1 aliphatic heterocycles. The summed E-state index contributed by atoms with van der Waals surface area (Å²) < 4.78 is 14.2. The Kier molecular flexibility index (Phi) is 3.88. The van der Waals surface area contributed by atoms with Crippen LogP contribution in [0.15, 0.2) is 36.4 Å². The van der Waals surface area contributed by atoms with Crippen LogP contribution in [0.3, 0.4) is 0 Å². The van der Waals surface area contributed by atoms with Gasteiger partial charge < -0.3 is 9.88 Å². The van der Waals surface area contributed by atoms with E-state index in [0.29, 0.717) is 24.5 Å². The van der Waals surface area contributed by atoms with Gasteiger partial charge in [0.05, 0.1) is 16.6 Å². The van der Waals surface area contributed by atoms with E-state index in [1.807, 2.05) is 12.1 Å². The Bertz CT molecular complexity index is 1060.